The third-order valence-corrected chi connectivity index (χ3v) is 4.15. The maximum absolute atomic E-state index is 11.4. The van der Waals surface area contributed by atoms with Gasteiger partial charge in [0.15, 0.2) is 0 Å². The lowest BCUT2D eigenvalue weighted by Gasteiger charge is -2.21. The van der Waals surface area contributed by atoms with Crippen molar-refractivity contribution >= 4 is 16.7 Å². The van der Waals surface area contributed by atoms with Gasteiger partial charge in [0.05, 0.1) is 6.61 Å². The van der Waals surface area contributed by atoms with E-state index in [4.69, 9.17) is 5.11 Å². The van der Waals surface area contributed by atoms with Gasteiger partial charge in [-0.25, -0.2) is 0 Å². The molecule has 1 aliphatic carbocycles. The van der Waals surface area contributed by atoms with Gasteiger partial charge in [-0.1, -0.05) is 19.3 Å². The van der Waals surface area contributed by atoms with E-state index in [0.29, 0.717) is 5.92 Å². The van der Waals surface area contributed by atoms with Gasteiger partial charge in [0.25, 0.3) is 0 Å². The van der Waals surface area contributed by atoms with Crippen LogP contribution in [0.3, 0.4) is 0 Å². The number of carbonyl (C=O) groups excluding carboxylic acids is 1. The highest BCUT2D eigenvalue weighted by Gasteiger charge is 2.14. The van der Waals surface area contributed by atoms with Gasteiger partial charge in [-0.15, -0.1) is 0 Å². The maximum Gasteiger partial charge on any atom is 0.232 e. The molecule has 94 valence electrons. The molecule has 0 unspecified atom stereocenters. The molecule has 4 nitrogen and oxygen atoms in total. The summed E-state index contributed by atoms with van der Waals surface area (Å²) in [6.07, 6.45) is 6.22. The minimum atomic E-state index is -1.22. The highest BCUT2D eigenvalue weighted by atomic mass is 32.2. The number of hydrogen-bond acceptors (Lipinski definition) is 3. The van der Waals surface area contributed by atoms with Gasteiger partial charge in [0, 0.05) is 23.1 Å². The van der Waals surface area contributed by atoms with Gasteiger partial charge in [-0.2, -0.15) is 0 Å². The van der Waals surface area contributed by atoms with Crippen molar-refractivity contribution in [3.8, 4) is 0 Å². The summed E-state index contributed by atoms with van der Waals surface area (Å²) in [5, 5.41) is 11.4. The highest BCUT2D eigenvalue weighted by Crippen LogP contribution is 2.22. The van der Waals surface area contributed by atoms with E-state index in [1.54, 1.807) is 0 Å². The van der Waals surface area contributed by atoms with Crippen LogP contribution in [-0.4, -0.2) is 39.9 Å². The highest BCUT2D eigenvalue weighted by molar-refractivity contribution is 7.85. The lowest BCUT2D eigenvalue weighted by Crippen LogP contribution is -2.33. The molecule has 0 aromatic carbocycles. The zero-order chi connectivity index (χ0) is 11.8. The average molecular weight is 247 g/mol. The maximum atomic E-state index is 11.4. The zero-order valence-corrected chi connectivity index (χ0v) is 10.4. The third kappa shape index (κ3) is 5.61. The van der Waals surface area contributed by atoms with Gasteiger partial charge in [0.2, 0.25) is 5.91 Å². The predicted octanol–water partition coefficient (Wildman–Crippen LogP) is 0.424. The molecule has 1 rings (SSSR count). The summed E-state index contributed by atoms with van der Waals surface area (Å²) in [7, 11) is -1.22. The molecule has 0 bridgehead atoms. The SMILES string of the molecule is O=C(C[S@](=O)CCO)NCC1CCCCC1. The Labute approximate surface area is 99.3 Å². The molecule has 16 heavy (non-hydrogen) atoms. The lowest BCUT2D eigenvalue weighted by molar-refractivity contribution is -0.118. The van der Waals surface area contributed by atoms with E-state index in [-0.39, 0.29) is 24.0 Å². The number of aliphatic hydroxyl groups excluding tert-OH is 1. The van der Waals surface area contributed by atoms with Crippen LogP contribution in [0.4, 0.5) is 0 Å². The van der Waals surface area contributed by atoms with Crippen LogP contribution in [0.2, 0.25) is 0 Å². The van der Waals surface area contributed by atoms with Crippen molar-refractivity contribution in [2.24, 2.45) is 5.92 Å². The summed E-state index contributed by atoms with van der Waals surface area (Å²) in [5.74, 6) is 0.658. The molecule has 1 amide bonds. The Morgan fingerprint density at radius 3 is 2.62 bits per heavy atom. The topological polar surface area (TPSA) is 66.4 Å². The van der Waals surface area contributed by atoms with Crippen LogP contribution in [0.25, 0.3) is 0 Å². The van der Waals surface area contributed by atoms with Crippen molar-refractivity contribution in [3.63, 3.8) is 0 Å². The van der Waals surface area contributed by atoms with Gasteiger partial charge >= 0.3 is 0 Å². The molecule has 5 heteroatoms. The minimum absolute atomic E-state index is 0.0211. The van der Waals surface area contributed by atoms with E-state index in [0.717, 1.165) is 6.54 Å². The molecule has 0 radical (unpaired) electrons. The summed E-state index contributed by atoms with van der Waals surface area (Å²) < 4.78 is 11.2. The van der Waals surface area contributed by atoms with Gasteiger partial charge < -0.3 is 10.4 Å². The summed E-state index contributed by atoms with van der Waals surface area (Å²) in [6, 6.07) is 0. The largest absolute Gasteiger partial charge is 0.395 e. The molecule has 1 aliphatic rings. The second-order valence-corrected chi connectivity index (χ2v) is 5.90. The third-order valence-electron chi connectivity index (χ3n) is 2.92. The van der Waals surface area contributed by atoms with Gasteiger partial charge in [-0.05, 0) is 18.8 Å². The van der Waals surface area contributed by atoms with E-state index in [9.17, 15) is 9.00 Å². The quantitative estimate of drug-likeness (QED) is 0.715. The summed E-state index contributed by atoms with van der Waals surface area (Å²) >= 11 is 0. The first-order valence-electron chi connectivity index (χ1n) is 5.95. The first-order valence-corrected chi connectivity index (χ1v) is 7.43. The average Bonchev–Trinajstić information content (AvgIpc) is 2.28. The summed E-state index contributed by atoms with van der Waals surface area (Å²) in [6.45, 7) is 0.595. The van der Waals surface area contributed by atoms with Crippen LogP contribution in [0, 0.1) is 5.92 Å². The Bertz CT molecular complexity index is 239. The minimum Gasteiger partial charge on any atom is -0.395 e. The fraction of sp³-hybridized carbons (Fsp3) is 0.909. The van der Waals surface area contributed by atoms with Crippen molar-refractivity contribution in [2.75, 3.05) is 24.7 Å². The fourth-order valence-corrected chi connectivity index (χ4v) is 2.76. The molecule has 0 saturated heterocycles. The number of nitrogens with one attached hydrogen (secondary N) is 1. The molecular formula is C11H21NO3S. The van der Waals surface area contributed by atoms with E-state index in [1.165, 1.54) is 32.1 Å². The second kappa shape index (κ2) is 7.79. The van der Waals surface area contributed by atoms with Crippen LogP contribution >= 0.6 is 0 Å². The molecule has 1 saturated carbocycles. The molecule has 0 spiro atoms. The number of carbonyl (C=O) groups is 1. The molecular weight excluding hydrogens is 226 g/mol. The van der Waals surface area contributed by atoms with Crippen LogP contribution in [0.1, 0.15) is 32.1 Å². The first kappa shape index (κ1) is 13.6. The summed E-state index contributed by atoms with van der Waals surface area (Å²) in [4.78, 5) is 11.4. The molecule has 1 fully saturated rings. The van der Waals surface area contributed by atoms with Gasteiger partial charge in [-0.3, -0.25) is 9.00 Å². The van der Waals surface area contributed by atoms with Crippen molar-refractivity contribution in [2.45, 2.75) is 32.1 Å². The normalized spacial score (nSPS) is 19.3. The van der Waals surface area contributed by atoms with E-state index >= 15 is 0 Å². The Morgan fingerprint density at radius 2 is 2.00 bits per heavy atom. The Balaban J connectivity index is 2.11. The van der Waals surface area contributed by atoms with Crippen molar-refractivity contribution in [3.05, 3.63) is 0 Å². The predicted molar refractivity (Wildman–Crippen MR) is 64.5 cm³/mol. The van der Waals surface area contributed by atoms with Crippen LogP contribution in [0.15, 0.2) is 0 Å². The second-order valence-electron chi connectivity index (χ2n) is 4.32. The standard InChI is InChI=1S/C11H21NO3S/c13-6-7-16(15)9-11(14)12-8-10-4-2-1-3-5-10/h10,13H,1-9H2,(H,12,14)/t16-/m1/s1. The molecule has 0 aromatic heterocycles. The number of rotatable bonds is 6. The summed E-state index contributed by atoms with van der Waals surface area (Å²) in [5.41, 5.74) is 0. The van der Waals surface area contributed by atoms with Crippen LogP contribution in [-0.2, 0) is 15.6 Å². The molecule has 1 atom stereocenters. The Hall–Kier alpha value is -0.420. The number of hydrogen-bond donors (Lipinski definition) is 2. The fourth-order valence-electron chi connectivity index (χ4n) is 2.02. The first-order chi connectivity index (χ1) is 7.72. The molecule has 0 aliphatic heterocycles. The van der Waals surface area contributed by atoms with E-state index in [2.05, 4.69) is 5.32 Å². The molecule has 2 N–H and O–H groups in total. The van der Waals surface area contributed by atoms with E-state index < -0.39 is 10.8 Å². The number of amides is 1. The lowest BCUT2D eigenvalue weighted by atomic mass is 9.89. The van der Waals surface area contributed by atoms with Crippen LogP contribution < -0.4 is 5.32 Å². The monoisotopic (exact) mass is 247 g/mol. The van der Waals surface area contributed by atoms with E-state index in [1.807, 2.05) is 0 Å². The van der Waals surface area contributed by atoms with Crippen molar-refractivity contribution < 1.29 is 14.1 Å². The van der Waals surface area contributed by atoms with Crippen LogP contribution in [0.5, 0.6) is 0 Å². The zero-order valence-electron chi connectivity index (χ0n) is 9.61. The van der Waals surface area contributed by atoms with Crippen molar-refractivity contribution in [1.82, 2.24) is 5.32 Å². The number of aliphatic hydroxyl groups is 1. The molecule has 0 aromatic rings. The Morgan fingerprint density at radius 1 is 1.31 bits per heavy atom. The smallest absolute Gasteiger partial charge is 0.232 e. The van der Waals surface area contributed by atoms with Gasteiger partial charge in [0.1, 0.15) is 5.75 Å². The Kier molecular flexibility index (Phi) is 6.64. The molecule has 0 heterocycles. The van der Waals surface area contributed by atoms with Crippen molar-refractivity contribution in [1.29, 1.82) is 0 Å².